The van der Waals surface area contributed by atoms with Gasteiger partial charge >= 0.3 is 11.9 Å². The van der Waals surface area contributed by atoms with E-state index in [2.05, 4.69) is 21.3 Å². The predicted octanol–water partition coefficient (Wildman–Crippen LogP) is -0.0585. The monoisotopic (exact) mass is 560 g/mol. The van der Waals surface area contributed by atoms with Gasteiger partial charge in [0.15, 0.2) is 0 Å². The molecule has 0 spiro atoms. The third-order valence-corrected chi connectivity index (χ3v) is 5.34. The number of hydrogen-bond acceptors (Lipinski definition) is 8. The van der Waals surface area contributed by atoms with E-state index in [1.807, 2.05) is 13.8 Å². The van der Waals surface area contributed by atoms with Gasteiger partial charge in [0.1, 0.15) is 18.7 Å². The van der Waals surface area contributed by atoms with E-state index in [-0.39, 0.29) is 57.3 Å². The maximum atomic E-state index is 12.2. The van der Waals surface area contributed by atoms with Gasteiger partial charge < -0.3 is 41.0 Å². The van der Waals surface area contributed by atoms with Gasteiger partial charge in [-0.2, -0.15) is 0 Å². The highest BCUT2D eigenvalue weighted by Gasteiger charge is 2.24. The van der Waals surface area contributed by atoms with Crippen LogP contribution < -0.4 is 21.3 Å². The van der Waals surface area contributed by atoms with Crippen LogP contribution in [0.2, 0.25) is 0 Å². The second kappa shape index (κ2) is 22.7. The third kappa shape index (κ3) is 20.4. The molecule has 39 heavy (non-hydrogen) atoms. The lowest BCUT2D eigenvalue weighted by Gasteiger charge is -2.17. The summed E-state index contributed by atoms with van der Waals surface area (Å²) in [5, 5.41) is 28.6. The number of nitrogens with one attached hydrogen (secondary N) is 4. The molecular weight excluding hydrogens is 516 g/mol. The predicted molar refractivity (Wildman–Crippen MR) is 140 cm³/mol. The molecule has 224 valence electrons. The van der Waals surface area contributed by atoms with Gasteiger partial charge in [0.2, 0.25) is 23.6 Å². The van der Waals surface area contributed by atoms with E-state index in [0.29, 0.717) is 19.5 Å². The summed E-state index contributed by atoms with van der Waals surface area (Å²) in [6.07, 6.45) is 3.17. The van der Waals surface area contributed by atoms with Crippen LogP contribution in [0.3, 0.4) is 0 Å². The lowest BCUT2D eigenvalue weighted by atomic mass is 10.1. The zero-order valence-corrected chi connectivity index (χ0v) is 22.9. The minimum Gasteiger partial charge on any atom is -0.480 e. The molecule has 0 aliphatic rings. The normalized spacial score (nSPS) is 12.2. The Morgan fingerprint density at radius 2 is 1.15 bits per heavy atom. The van der Waals surface area contributed by atoms with E-state index in [1.165, 1.54) is 0 Å². The standard InChI is InChI=1S/C25H44N4O10/c1-3-5-6-12-26-21(31)10-8-18(24(34)35)28-22(32)11-9-19(25(36)37)29-23(33)17-39-16-15-38-14-13-27-20(30)7-4-2/h18-19H,3-17H2,1-2H3,(H,26,31)(H,27,30)(H,28,32)(H,29,33)(H,34,35)(H,36,37)/t18-,19?/m0/s1. The highest BCUT2D eigenvalue weighted by Crippen LogP contribution is 2.03. The molecule has 0 aromatic heterocycles. The quantitative estimate of drug-likeness (QED) is 0.0866. The molecule has 14 nitrogen and oxygen atoms in total. The smallest absolute Gasteiger partial charge is 0.326 e. The fraction of sp³-hybridized carbons (Fsp3) is 0.760. The fourth-order valence-electron chi connectivity index (χ4n) is 3.22. The van der Waals surface area contributed by atoms with Crippen molar-refractivity contribution in [1.29, 1.82) is 0 Å². The second-order valence-electron chi connectivity index (χ2n) is 8.82. The Hall–Kier alpha value is -3.26. The van der Waals surface area contributed by atoms with Crippen LogP contribution in [0.5, 0.6) is 0 Å². The number of carbonyl (C=O) groups excluding carboxylic acids is 4. The molecule has 14 heteroatoms. The van der Waals surface area contributed by atoms with E-state index < -0.39 is 42.4 Å². The molecule has 0 heterocycles. The summed E-state index contributed by atoms with van der Waals surface area (Å²) >= 11 is 0. The molecule has 0 aromatic rings. The van der Waals surface area contributed by atoms with Crippen molar-refractivity contribution in [2.24, 2.45) is 0 Å². The Bertz CT molecular complexity index is 778. The summed E-state index contributed by atoms with van der Waals surface area (Å²) in [6.45, 7) is 4.89. The van der Waals surface area contributed by atoms with Crippen LogP contribution in [0.1, 0.15) is 71.6 Å². The number of aliphatic carboxylic acids is 2. The molecule has 0 bridgehead atoms. The van der Waals surface area contributed by atoms with Crippen molar-refractivity contribution in [3.05, 3.63) is 0 Å². The van der Waals surface area contributed by atoms with Gasteiger partial charge in [0, 0.05) is 32.4 Å². The van der Waals surface area contributed by atoms with E-state index in [0.717, 1.165) is 25.7 Å². The zero-order chi connectivity index (χ0) is 29.5. The van der Waals surface area contributed by atoms with Crippen molar-refractivity contribution < 1.29 is 48.5 Å². The summed E-state index contributed by atoms with van der Waals surface area (Å²) in [4.78, 5) is 70.3. The first-order valence-corrected chi connectivity index (χ1v) is 13.3. The largest absolute Gasteiger partial charge is 0.480 e. The maximum Gasteiger partial charge on any atom is 0.326 e. The Kier molecular flexibility index (Phi) is 20.8. The Morgan fingerprint density at radius 3 is 1.74 bits per heavy atom. The summed E-state index contributed by atoms with van der Waals surface area (Å²) in [5.74, 6) is -4.47. The van der Waals surface area contributed by atoms with Gasteiger partial charge in [-0.1, -0.05) is 26.7 Å². The number of amides is 4. The van der Waals surface area contributed by atoms with E-state index in [4.69, 9.17) is 9.47 Å². The van der Waals surface area contributed by atoms with Gasteiger partial charge in [-0.25, -0.2) is 9.59 Å². The number of hydrogen-bond donors (Lipinski definition) is 6. The van der Waals surface area contributed by atoms with Crippen LogP contribution in [0, 0.1) is 0 Å². The number of carboxylic acid groups (broad SMARTS) is 2. The minimum absolute atomic E-state index is 0.0567. The highest BCUT2D eigenvalue weighted by atomic mass is 16.5. The van der Waals surface area contributed by atoms with Gasteiger partial charge in [-0.3, -0.25) is 19.2 Å². The molecule has 2 atom stereocenters. The molecule has 0 radical (unpaired) electrons. The fourth-order valence-corrected chi connectivity index (χ4v) is 3.22. The number of carbonyl (C=O) groups is 6. The average molecular weight is 561 g/mol. The van der Waals surface area contributed by atoms with Crippen molar-refractivity contribution in [2.45, 2.75) is 83.7 Å². The summed E-state index contributed by atoms with van der Waals surface area (Å²) in [7, 11) is 0. The van der Waals surface area contributed by atoms with Gasteiger partial charge in [-0.05, 0) is 25.7 Å². The number of ether oxygens (including phenoxy) is 2. The lowest BCUT2D eigenvalue weighted by Crippen LogP contribution is -2.45. The number of carboxylic acids is 2. The summed E-state index contributed by atoms with van der Waals surface area (Å²) < 4.78 is 10.4. The van der Waals surface area contributed by atoms with Crippen molar-refractivity contribution in [2.75, 3.05) is 39.5 Å². The van der Waals surface area contributed by atoms with Crippen LogP contribution in [0.4, 0.5) is 0 Å². The first kappa shape index (κ1) is 35.7. The highest BCUT2D eigenvalue weighted by molar-refractivity contribution is 5.86. The first-order chi connectivity index (χ1) is 18.6. The molecule has 0 saturated heterocycles. The SMILES string of the molecule is CCCCCNC(=O)CC[C@H](NC(=O)CCC(NC(=O)COCCOCCNC(=O)CCC)C(=O)O)C(=O)O. The molecule has 4 amide bonds. The van der Waals surface area contributed by atoms with Crippen molar-refractivity contribution in [1.82, 2.24) is 21.3 Å². The van der Waals surface area contributed by atoms with Crippen LogP contribution in [-0.4, -0.2) is 97.4 Å². The lowest BCUT2D eigenvalue weighted by molar-refractivity contribution is -0.144. The molecule has 6 N–H and O–H groups in total. The van der Waals surface area contributed by atoms with Gasteiger partial charge in [-0.15, -0.1) is 0 Å². The van der Waals surface area contributed by atoms with Crippen molar-refractivity contribution in [3.8, 4) is 0 Å². The molecule has 0 fully saturated rings. The number of rotatable bonds is 24. The molecule has 0 aliphatic heterocycles. The summed E-state index contributed by atoms with van der Waals surface area (Å²) in [6, 6.07) is -2.69. The molecule has 0 saturated carbocycles. The van der Waals surface area contributed by atoms with Gasteiger partial charge in [0.25, 0.3) is 0 Å². The molecule has 0 aromatic carbocycles. The Labute approximate surface area is 228 Å². The van der Waals surface area contributed by atoms with E-state index >= 15 is 0 Å². The van der Waals surface area contributed by atoms with E-state index in [1.54, 1.807) is 0 Å². The average Bonchev–Trinajstić information content (AvgIpc) is 2.88. The van der Waals surface area contributed by atoms with Gasteiger partial charge in [0.05, 0.1) is 19.8 Å². The minimum atomic E-state index is -1.38. The van der Waals surface area contributed by atoms with Crippen LogP contribution in [0.25, 0.3) is 0 Å². The zero-order valence-electron chi connectivity index (χ0n) is 22.9. The van der Waals surface area contributed by atoms with Crippen molar-refractivity contribution in [3.63, 3.8) is 0 Å². The molecule has 1 unspecified atom stereocenters. The number of unbranched alkanes of at least 4 members (excludes halogenated alkanes) is 2. The maximum absolute atomic E-state index is 12.2. The Morgan fingerprint density at radius 1 is 0.615 bits per heavy atom. The van der Waals surface area contributed by atoms with Crippen LogP contribution in [0.15, 0.2) is 0 Å². The van der Waals surface area contributed by atoms with Crippen LogP contribution >= 0.6 is 0 Å². The molecule has 0 aliphatic carbocycles. The second-order valence-corrected chi connectivity index (χ2v) is 8.82. The first-order valence-electron chi connectivity index (χ1n) is 13.3. The van der Waals surface area contributed by atoms with Crippen molar-refractivity contribution >= 4 is 35.6 Å². The summed E-state index contributed by atoms with van der Waals surface area (Å²) in [5.41, 5.74) is 0. The molecule has 0 rings (SSSR count). The Balaban J connectivity index is 4.27. The third-order valence-electron chi connectivity index (χ3n) is 5.34. The molecular formula is C25H44N4O10. The topological polar surface area (TPSA) is 209 Å². The van der Waals surface area contributed by atoms with Crippen LogP contribution in [-0.2, 0) is 38.2 Å². The van der Waals surface area contributed by atoms with E-state index in [9.17, 15) is 39.0 Å².